The minimum atomic E-state index is -1.00. The molecule has 0 saturated heterocycles. The summed E-state index contributed by atoms with van der Waals surface area (Å²) in [6.07, 6.45) is 3.59. The van der Waals surface area contributed by atoms with Gasteiger partial charge in [-0.3, -0.25) is 4.98 Å². The number of benzene rings is 1. The van der Waals surface area contributed by atoms with E-state index in [0.717, 1.165) is 6.42 Å². The third-order valence-electron chi connectivity index (χ3n) is 2.46. The highest BCUT2D eigenvalue weighted by Crippen LogP contribution is 2.11. The average Bonchev–Trinajstić information content (AvgIpc) is 2.40. The van der Waals surface area contributed by atoms with Gasteiger partial charge in [-0.15, -0.1) is 0 Å². The lowest BCUT2D eigenvalue weighted by atomic mass is 10.2. The molecule has 0 fully saturated rings. The van der Waals surface area contributed by atoms with Crippen molar-refractivity contribution in [2.24, 2.45) is 0 Å². The highest BCUT2D eigenvalue weighted by Gasteiger charge is 2.04. The van der Waals surface area contributed by atoms with Crippen molar-refractivity contribution in [3.63, 3.8) is 0 Å². The molecule has 0 radical (unpaired) electrons. The van der Waals surface area contributed by atoms with E-state index in [1.807, 2.05) is 30.3 Å². The average molecular weight is 243 g/mol. The zero-order valence-corrected chi connectivity index (χ0v) is 9.74. The third-order valence-corrected chi connectivity index (χ3v) is 2.46. The van der Waals surface area contributed by atoms with Crippen molar-refractivity contribution in [1.82, 2.24) is 4.98 Å². The summed E-state index contributed by atoms with van der Waals surface area (Å²) < 4.78 is 5.47. The molecule has 0 aliphatic heterocycles. The molecule has 0 saturated carbocycles. The number of carboxylic acid groups (broad SMARTS) is 1. The summed E-state index contributed by atoms with van der Waals surface area (Å²) in [5.74, 6) is -0.526. The maximum absolute atomic E-state index is 10.8. The quantitative estimate of drug-likeness (QED) is 0.876. The van der Waals surface area contributed by atoms with Crippen LogP contribution in [0.1, 0.15) is 15.9 Å². The number of aromatic carboxylic acids is 1. The summed E-state index contributed by atoms with van der Waals surface area (Å²) in [5.41, 5.74) is 1.31. The molecule has 1 aromatic heterocycles. The molecule has 1 heterocycles. The molecule has 0 atom stereocenters. The van der Waals surface area contributed by atoms with Gasteiger partial charge in [-0.25, -0.2) is 4.79 Å². The Kier molecular flexibility index (Phi) is 3.91. The highest BCUT2D eigenvalue weighted by molar-refractivity contribution is 5.87. The van der Waals surface area contributed by atoms with Gasteiger partial charge in [0.05, 0.1) is 18.4 Å². The Bertz CT molecular complexity index is 526. The van der Waals surface area contributed by atoms with Gasteiger partial charge in [-0.05, 0) is 11.6 Å². The first-order valence-corrected chi connectivity index (χ1v) is 5.61. The van der Waals surface area contributed by atoms with Crippen LogP contribution in [0.2, 0.25) is 0 Å². The van der Waals surface area contributed by atoms with E-state index in [0.29, 0.717) is 12.4 Å². The predicted octanol–water partition coefficient (Wildman–Crippen LogP) is 2.40. The number of hydrogen-bond donors (Lipinski definition) is 1. The van der Waals surface area contributed by atoms with E-state index in [2.05, 4.69) is 4.98 Å². The third kappa shape index (κ3) is 3.31. The normalized spacial score (nSPS) is 10.0. The molecule has 0 aliphatic rings. The zero-order valence-electron chi connectivity index (χ0n) is 9.74. The fourth-order valence-electron chi connectivity index (χ4n) is 1.55. The maximum atomic E-state index is 10.8. The molecule has 0 amide bonds. The number of ether oxygens (including phenoxy) is 1. The van der Waals surface area contributed by atoms with Crippen LogP contribution in [0.15, 0.2) is 48.8 Å². The lowest BCUT2D eigenvalue weighted by Crippen LogP contribution is -2.03. The Morgan fingerprint density at radius 1 is 1.22 bits per heavy atom. The number of carboxylic acids is 1. The van der Waals surface area contributed by atoms with Crippen LogP contribution in [0.3, 0.4) is 0 Å². The molecule has 4 nitrogen and oxygen atoms in total. The van der Waals surface area contributed by atoms with E-state index in [1.54, 1.807) is 0 Å². The Morgan fingerprint density at radius 2 is 2.00 bits per heavy atom. The minimum absolute atomic E-state index is 0.132. The second-order valence-electron chi connectivity index (χ2n) is 3.80. The smallest absolute Gasteiger partial charge is 0.337 e. The van der Waals surface area contributed by atoms with E-state index in [1.165, 1.54) is 24.0 Å². The summed E-state index contributed by atoms with van der Waals surface area (Å²) in [7, 11) is 0. The van der Waals surface area contributed by atoms with Crippen molar-refractivity contribution < 1.29 is 14.6 Å². The van der Waals surface area contributed by atoms with Gasteiger partial charge in [0.2, 0.25) is 0 Å². The zero-order chi connectivity index (χ0) is 12.8. The Labute approximate surface area is 105 Å². The van der Waals surface area contributed by atoms with Crippen LogP contribution in [0.25, 0.3) is 0 Å². The van der Waals surface area contributed by atoms with E-state index in [9.17, 15) is 4.79 Å². The Morgan fingerprint density at radius 3 is 2.72 bits per heavy atom. The van der Waals surface area contributed by atoms with Gasteiger partial charge >= 0.3 is 5.97 Å². The molecular formula is C14H13NO3. The molecule has 4 heteroatoms. The summed E-state index contributed by atoms with van der Waals surface area (Å²) in [4.78, 5) is 14.6. The summed E-state index contributed by atoms with van der Waals surface area (Å²) >= 11 is 0. The predicted molar refractivity (Wildman–Crippen MR) is 66.8 cm³/mol. The summed E-state index contributed by atoms with van der Waals surface area (Å²) in [5, 5.41) is 8.82. The van der Waals surface area contributed by atoms with Crippen LogP contribution in [-0.4, -0.2) is 22.7 Å². The number of pyridine rings is 1. The summed E-state index contributed by atoms with van der Waals surface area (Å²) in [6, 6.07) is 11.4. The highest BCUT2D eigenvalue weighted by atomic mass is 16.5. The van der Waals surface area contributed by atoms with Crippen LogP contribution in [0, 0.1) is 0 Å². The van der Waals surface area contributed by atoms with Crippen LogP contribution in [0.4, 0.5) is 0 Å². The first-order valence-electron chi connectivity index (χ1n) is 5.61. The van der Waals surface area contributed by atoms with Gasteiger partial charge in [-0.2, -0.15) is 0 Å². The molecule has 0 spiro atoms. The standard InChI is InChI=1S/C14H13NO3/c16-14(17)12-8-13(10-15-9-12)18-7-6-11-4-2-1-3-5-11/h1-5,8-10H,6-7H2,(H,16,17). The van der Waals surface area contributed by atoms with Gasteiger partial charge in [0.25, 0.3) is 0 Å². The van der Waals surface area contributed by atoms with Gasteiger partial charge in [0.15, 0.2) is 0 Å². The van der Waals surface area contributed by atoms with Crippen molar-refractivity contribution in [2.75, 3.05) is 6.61 Å². The molecule has 0 bridgehead atoms. The number of rotatable bonds is 5. The van der Waals surface area contributed by atoms with Crippen LogP contribution in [0.5, 0.6) is 5.75 Å². The molecule has 92 valence electrons. The van der Waals surface area contributed by atoms with Crippen molar-refractivity contribution >= 4 is 5.97 Å². The molecule has 0 aliphatic carbocycles. The van der Waals surface area contributed by atoms with Gasteiger partial charge < -0.3 is 9.84 Å². The monoisotopic (exact) mass is 243 g/mol. The van der Waals surface area contributed by atoms with Crippen molar-refractivity contribution in [3.05, 3.63) is 59.9 Å². The summed E-state index contributed by atoms with van der Waals surface area (Å²) in [6.45, 7) is 0.495. The van der Waals surface area contributed by atoms with Crippen molar-refractivity contribution in [1.29, 1.82) is 0 Å². The molecule has 18 heavy (non-hydrogen) atoms. The van der Waals surface area contributed by atoms with E-state index < -0.39 is 5.97 Å². The SMILES string of the molecule is O=C(O)c1cncc(OCCc2ccccc2)c1. The van der Waals surface area contributed by atoms with E-state index in [4.69, 9.17) is 9.84 Å². The van der Waals surface area contributed by atoms with E-state index in [-0.39, 0.29) is 5.56 Å². The fraction of sp³-hybridized carbons (Fsp3) is 0.143. The van der Waals surface area contributed by atoms with Crippen LogP contribution >= 0.6 is 0 Å². The topological polar surface area (TPSA) is 59.4 Å². The van der Waals surface area contributed by atoms with Crippen LogP contribution < -0.4 is 4.74 Å². The van der Waals surface area contributed by atoms with Crippen molar-refractivity contribution in [2.45, 2.75) is 6.42 Å². The second-order valence-corrected chi connectivity index (χ2v) is 3.80. The Hall–Kier alpha value is -2.36. The first kappa shape index (κ1) is 12.1. The molecule has 1 aromatic carbocycles. The lowest BCUT2D eigenvalue weighted by molar-refractivity contribution is 0.0696. The molecule has 2 aromatic rings. The largest absolute Gasteiger partial charge is 0.492 e. The fourth-order valence-corrected chi connectivity index (χ4v) is 1.55. The van der Waals surface area contributed by atoms with E-state index >= 15 is 0 Å². The van der Waals surface area contributed by atoms with Gasteiger partial charge in [0.1, 0.15) is 5.75 Å². The van der Waals surface area contributed by atoms with Crippen LogP contribution in [-0.2, 0) is 6.42 Å². The minimum Gasteiger partial charge on any atom is -0.492 e. The number of nitrogens with zero attached hydrogens (tertiary/aromatic N) is 1. The van der Waals surface area contributed by atoms with Crippen molar-refractivity contribution in [3.8, 4) is 5.75 Å². The molecular weight excluding hydrogens is 230 g/mol. The lowest BCUT2D eigenvalue weighted by Gasteiger charge is -2.06. The molecule has 2 rings (SSSR count). The maximum Gasteiger partial charge on any atom is 0.337 e. The van der Waals surface area contributed by atoms with Gasteiger partial charge in [0, 0.05) is 12.6 Å². The second kappa shape index (κ2) is 5.82. The first-order chi connectivity index (χ1) is 8.75. The Balaban J connectivity index is 1.90. The molecule has 1 N–H and O–H groups in total. The number of carbonyl (C=O) groups is 1. The number of aromatic nitrogens is 1. The number of hydrogen-bond acceptors (Lipinski definition) is 3. The van der Waals surface area contributed by atoms with Gasteiger partial charge in [-0.1, -0.05) is 30.3 Å². The molecule has 0 unspecified atom stereocenters.